The van der Waals surface area contributed by atoms with E-state index in [1.54, 1.807) is 18.2 Å². The fraction of sp³-hybridized carbons (Fsp3) is 0.536. The van der Waals surface area contributed by atoms with Crippen LogP contribution in [0.15, 0.2) is 36.4 Å². The highest BCUT2D eigenvalue weighted by Crippen LogP contribution is 2.42. The topological polar surface area (TPSA) is 38.8 Å². The zero-order chi connectivity index (χ0) is 26.3. The van der Waals surface area contributed by atoms with Crippen molar-refractivity contribution in [2.45, 2.75) is 76.4 Å². The molecule has 0 bridgehead atoms. The Labute approximate surface area is 209 Å². The number of benzene rings is 2. The molecule has 0 spiro atoms. The molecule has 1 aliphatic carbocycles. The third kappa shape index (κ3) is 5.53. The van der Waals surface area contributed by atoms with Crippen LogP contribution in [0.1, 0.15) is 66.6 Å². The SMILES string of the molecule is COc1cc2c(cc1OC)C(=O)C(CC(C)(F)CC1CCC(C)N1Cc1cccc(C(F)(F)F)c1)C2. The third-order valence-corrected chi connectivity index (χ3v) is 7.62. The van der Waals surface area contributed by atoms with Crippen molar-refractivity contribution in [1.82, 2.24) is 4.90 Å². The van der Waals surface area contributed by atoms with Crippen LogP contribution < -0.4 is 9.47 Å². The van der Waals surface area contributed by atoms with Crippen molar-refractivity contribution in [2.24, 2.45) is 5.92 Å². The van der Waals surface area contributed by atoms with E-state index < -0.39 is 23.3 Å². The summed E-state index contributed by atoms with van der Waals surface area (Å²) in [5.74, 6) is 0.453. The highest BCUT2D eigenvalue weighted by Gasteiger charge is 2.42. The average Bonchev–Trinajstić information content (AvgIpc) is 3.30. The number of alkyl halides is 4. The summed E-state index contributed by atoms with van der Waals surface area (Å²) in [5.41, 5.74) is -0.329. The third-order valence-electron chi connectivity index (χ3n) is 7.62. The van der Waals surface area contributed by atoms with E-state index in [2.05, 4.69) is 4.90 Å². The second-order valence-corrected chi connectivity index (χ2v) is 10.4. The lowest BCUT2D eigenvalue weighted by atomic mass is 9.85. The van der Waals surface area contributed by atoms with Gasteiger partial charge < -0.3 is 9.47 Å². The number of carbonyl (C=O) groups is 1. The summed E-state index contributed by atoms with van der Waals surface area (Å²) >= 11 is 0. The van der Waals surface area contributed by atoms with Gasteiger partial charge in [-0.25, -0.2) is 4.39 Å². The van der Waals surface area contributed by atoms with Crippen LogP contribution in [-0.2, 0) is 19.1 Å². The molecule has 4 nitrogen and oxygen atoms in total. The van der Waals surface area contributed by atoms with Crippen molar-refractivity contribution in [1.29, 1.82) is 0 Å². The van der Waals surface area contributed by atoms with E-state index >= 15 is 4.39 Å². The number of rotatable bonds is 8. The van der Waals surface area contributed by atoms with Crippen LogP contribution in [0.3, 0.4) is 0 Å². The van der Waals surface area contributed by atoms with Gasteiger partial charge in [0.15, 0.2) is 17.3 Å². The van der Waals surface area contributed by atoms with E-state index in [9.17, 15) is 18.0 Å². The highest BCUT2D eigenvalue weighted by molar-refractivity contribution is 6.03. The molecule has 4 atom stereocenters. The number of hydrogen-bond acceptors (Lipinski definition) is 4. The van der Waals surface area contributed by atoms with E-state index in [0.29, 0.717) is 35.6 Å². The average molecular weight is 508 g/mol. The van der Waals surface area contributed by atoms with Crippen LogP contribution in [0.5, 0.6) is 11.5 Å². The second-order valence-electron chi connectivity index (χ2n) is 10.4. The van der Waals surface area contributed by atoms with Crippen molar-refractivity contribution >= 4 is 5.78 Å². The normalized spacial score (nSPS) is 24.0. The number of Topliss-reactive ketones (excluding diaryl/α,β-unsaturated/α-hetero) is 1. The quantitative estimate of drug-likeness (QED) is 0.376. The summed E-state index contributed by atoms with van der Waals surface area (Å²) in [5, 5.41) is 0. The Morgan fingerprint density at radius 1 is 1.00 bits per heavy atom. The summed E-state index contributed by atoms with van der Waals surface area (Å²) in [6.07, 6.45) is -2.01. The fourth-order valence-corrected chi connectivity index (χ4v) is 5.84. The molecule has 1 heterocycles. The number of likely N-dealkylation sites (tertiary alicyclic amines) is 1. The molecule has 1 aliphatic heterocycles. The fourth-order valence-electron chi connectivity index (χ4n) is 5.84. The molecule has 0 N–H and O–H groups in total. The molecule has 2 aromatic carbocycles. The zero-order valence-electron chi connectivity index (χ0n) is 21.1. The predicted octanol–water partition coefficient (Wildman–Crippen LogP) is 6.64. The number of fused-ring (bicyclic) bond motifs is 1. The maximum absolute atomic E-state index is 16.0. The van der Waals surface area contributed by atoms with E-state index in [1.165, 1.54) is 33.3 Å². The minimum absolute atomic E-state index is 0.0876. The van der Waals surface area contributed by atoms with Crippen molar-refractivity contribution in [3.8, 4) is 11.5 Å². The van der Waals surface area contributed by atoms with Crippen molar-refractivity contribution < 1.29 is 31.8 Å². The molecule has 8 heteroatoms. The van der Waals surface area contributed by atoms with Gasteiger partial charge in [0.1, 0.15) is 5.67 Å². The van der Waals surface area contributed by atoms with Crippen molar-refractivity contribution in [3.63, 3.8) is 0 Å². The number of halogens is 4. The molecule has 2 aromatic rings. The highest BCUT2D eigenvalue weighted by atomic mass is 19.4. The zero-order valence-corrected chi connectivity index (χ0v) is 21.1. The summed E-state index contributed by atoms with van der Waals surface area (Å²) in [6, 6.07) is 8.83. The molecule has 196 valence electrons. The molecule has 0 saturated carbocycles. The van der Waals surface area contributed by atoms with Gasteiger partial charge in [-0.05, 0) is 75.3 Å². The van der Waals surface area contributed by atoms with Gasteiger partial charge in [-0.3, -0.25) is 9.69 Å². The number of carbonyl (C=O) groups excluding carboxylic acids is 1. The lowest BCUT2D eigenvalue weighted by Gasteiger charge is -2.33. The van der Waals surface area contributed by atoms with Gasteiger partial charge in [-0.15, -0.1) is 0 Å². The van der Waals surface area contributed by atoms with Crippen molar-refractivity contribution in [2.75, 3.05) is 14.2 Å². The smallest absolute Gasteiger partial charge is 0.416 e. The van der Waals surface area contributed by atoms with Gasteiger partial charge in [0.2, 0.25) is 0 Å². The number of hydrogen-bond donors (Lipinski definition) is 0. The van der Waals surface area contributed by atoms with Gasteiger partial charge in [0.25, 0.3) is 0 Å². The standard InChI is InChI=1S/C28H33F4NO3/c1-17-8-9-22(33(17)16-18-6-5-7-21(10-18)28(30,31)32)15-27(2,29)14-20-11-19-12-24(35-3)25(36-4)13-23(19)26(20)34/h5-7,10,12-13,17,20,22H,8-9,11,14-16H2,1-4H3. The monoisotopic (exact) mass is 507 g/mol. The molecule has 1 fully saturated rings. The van der Waals surface area contributed by atoms with E-state index in [0.717, 1.165) is 24.5 Å². The maximum atomic E-state index is 16.0. The summed E-state index contributed by atoms with van der Waals surface area (Å²) in [7, 11) is 3.04. The molecule has 0 amide bonds. The van der Waals surface area contributed by atoms with Crippen LogP contribution in [-0.4, -0.2) is 42.7 Å². The van der Waals surface area contributed by atoms with Crippen LogP contribution in [0.4, 0.5) is 17.6 Å². The van der Waals surface area contributed by atoms with Crippen LogP contribution in [0, 0.1) is 5.92 Å². The Balaban J connectivity index is 1.45. The molecular formula is C28H33F4NO3. The molecular weight excluding hydrogens is 474 g/mol. The Morgan fingerprint density at radius 2 is 1.69 bits per heavy atom. The van der Waals surface area contributed by atoms with E-state index in [-0.39, 0.29) is 30.7 Å². The number of ether oxygens (including phenoxy) is 2. The summed E-state index contributed by atoms with van der Waals surface area (Å²) in [6.45, 7) is 3.90. The first-order chi connectivity index (χ1) is 16.9. The summed E-state index contributed by atoms with van der Waals surface area (Å²) < 4.78 is 66.1. The first-order valence-corrected chi connectivity index (χ1v) is 12.3. The van der Waals surface area contributed by atoms with E-state index in [1.807, 2.05) is 6.92 Å². The van der Waals surface area contributed by atoms with Crippen LogP contribution in [0.2, 0.25) is 0 Å². The molecule has 4 rings (SSSR count). The van der Waals surface area contributed by atoms with Crippen molar-refractivity contribution in [3.05, 3.63) is 58.7 Å². The minimum atomic E-state index is -4.40. The van der Waals surface area contributed by atoms with Gasteiger partial charge in [-0.1, -0.05) is 18.2 Å². The molecule has 0 radical (unpaired) electrons. The minimum Gasteiger partial charge on any atom is -0.493 e. The lowest BCUT2D eigenvalue weighted by Crippen LogP contribution is -2.39. The Kier molecular flexibility index (Phi) is 7.37. The molecule has 1 saturated heterocycles. The van der Waals surface area contributed by atoms with E-state index in [4.69, 9.17) is 9.47 Å². The first kappa shape index (κ1) is 26.5. The van der Waals surface area contributed by atoms with Crippen LogP contribution >= 0.6 is 0 Å². The Morgan fingerprint density at radius 3 is 2.36 bits per heavy atom. The van der Waals surface area contributed by atoms with Gasteiger partial charge in [0, 0.05) is 30.1 Å². The predicted molar refractivity (Wildman–Crippen MR) is 129 cm³/mol. The lowest BCUT2D eigenvalue weighted by molar-refractivity contribution is -0.137. The largest absolute Gasteiger partial charge is 0.493 e. The van der Waals surface area contributed by atoms with Crippen LogP contribution in [0.25, 0.3) is 0 Å². The number of ketones is 1. The molecule has 0 aromatic heterocycles. The maximum Gasteiger partial charge on any atom is 0.416 e. The summed E-state index contributed by atoms with van der Waals surface area (Å²) in [4.78, 5) is 15.2. The number of nitrogens with zero attached hydrogens (tertiary/aromatic N) is 1. The van der Waals surface area contributed by atoms with Gasteiger partial charge >= 0.3 is 6.18 Å². The number of methoxy groups -OCH3 is 2. The molecule has 36 heavy (non-hydrogen) atoms. The van der Waals surface area contributed by atoms with Gasteiger partial charge in [-0.2, -0.15) is 13.2 Å². The Hall–Kier alpha value is -2.61. The molecule has 4 unspecified atom stereocenters. The first-order valence-electron chi connectivity index (χ1n) is 12.3. The second kappa shape index (κ2) is 10.0. The van der Waals surface area contributed by atoms with Gasteiger partial charge in [0.05, 0.1) is 19.8 Å². The molecule has 2 aliphatic rings. The Bertz CT molecular complexity index is 1110.